The summed E-state index contributed by atoms with van der Waals surface area (Å²) in [6, 6.07) is 13.5. The number of pyridine rings is 1. The van der Waals surface area contributed by atoms with Gasteiger partial charge in [-0.1, -0.05) is 29.5 Å². The average molecular weight is 379 g/mol. The highest BCUT2D eigenvalue weighted by Crippen LogP contribution is 2.31. The quantitative estimate of drug-likeness (QED) is 0.718. The number of nitrogens with one attached hydrogen (secondary N) is 1. The molecule has 1 saturated heterocycles. The monoisotopic (exact) mass is 379 g/mol. The Morgan fingerprint density at radius 1 is 1.19 bits per heavy atom. The lowest BCUT2D eigenvalue weighted by atomic mass is 9.99. The van der Waals surface area contributed by atoms with E-state index < -0.39 is 0 Å². The van der Waals surface area contributed by atoms with Crippen LogP contribution in [0.15, 0.2) is 48.7 Å². The van der Waals surface area contributed by atoms with Crippen molar-refractivity contribution in [1.29, 1.82) is 0 Å². The molecular formula is C20H21N5OS. The molecule has 3 aromatic rings. The number of carbonyl (C=O) groups excluding carboxylic acids is 1. The zero-order valence-corrected chi connectivity index (χ0v) is 15.9. The minimum atomic E-state index is -0.0871. The van der Waals surface area contributed by atoms with Gasteiger partial charge in [0.2, 0.25) is 0 Å². The first-order valence-corrected chi connectivity index (χ1v) is 9.91. The van der Waals surface area contributed by atoms with Gasteiger partial charge in [-0.3, -0.25) is 4.98 Å². The molecule has 1 aliphatic rings. The Hall–Kier alpha value is -2.80. The van der Waals surface area contributed by atoms with E-state index in [1.165, 1.54) is 0 Å². The first-order chi connectivity index (χ1) is 13.2. The molecule has 0 unspecified atom stereocenters. The summed E-state index contributed by atoms with van der Waals surface area (Å²) in [5, 5.41) is 13.1. The number of hydrogen-bond acceptors (Lipinski definition) is 5. The van der Waals surface area contributed by atoms with Crippen molar-refractivity contribution in [2.45, 2.75) is 32.2 Å². The van der Waals surface area contributed by atoms with Crippen LogP contribution in [0.3, 0.4) is 0 Å². The first-order valence-electron chi connectivity index (χ1n) is 9.10. The van der Waals surface area contributed by atoms with Crippen molar-refractivity contribution in [3.63, 3.8) is 0 Å². The molecule has 1 fully saturated rings. The molecule has 0 aliphatic carbocycles. The Kier molecular flexibility index (Phi) is 5.11. The summed E-state index contributed by atoms with van der Waals surface area (Å²) < 4.78 is 0. The van der Waals surface area contributed by atoms with Gasteiger partial charge in [0.25, 0.3) is 0 Å². The lowest BCUT2D eigenvalue weighted by Crippen LogP contribution is -2.41. The number of piperidine rings is 1. The molecule has 27 heavy (non-hydrogen) atoms. The number of hydrogen-bond donors (Lipinski definition) is 1. The number of nitrogens with zero attached hydrogens (tertiary/aromatic N) is 4. The Bertz CT molecular complexity index is 927. The van der Waals surface area contributed by atoms with Gasteiger partial charge in [-0.2, -0.15) is 0 Å². The molecular weight excluding hydrogens is 358 g/mol. The van der Waals surface area contributed by atoms with Gasteiger partial charge < -0.3 is 10.2 Å². The minimum Gasteiger partial charge on any atom is -0.316 e. The van der Waals surface area contributed by atoms with Crippen molar-refractivity contribution >= 4 is 23.1 Å². The van der Waals surface area contributed by atoms with Gasteiger partial charge in [0.05, 0.1) is 11.7 Å². The van der Waals surface area contributed by atoms with Crippen molar-refractivity contribution in [2.24, 2.45) is 0 Å². The van der Waals surface area contributed by atoms with Crippen molar-refractivity contribution in [1.82, 2.24) is 20.1 Å². The van der Waals surface area contributed by atoms with Crippen LogP contribution in [0, 0.1) is 6.92 Å². The van der Waals surface area contributed by atoms with Crippen LogP contribution in [-0.2, 0) is 0 Å². The Labute approximate surface area is 162 Å². The zero-order valence-electron chi connectivity index (χ0n) is 15.1. The zero-order chi connectivity index (χ0) is 18.6. The third-order valence-electron chi connectivity index (χ3n) is 4.68. The highest BCUT2D eigenvalue weighted by molar-refractivity contribution is 7.14. The van der Waals surface area contributed by atoms with Crippen molar-refractivity contribution < 1.29 is 4.79 Å². The number of aromatic nitrogens is 3. The second kappa shape index (κ2) is 7.84. The highest BCUT2D eigenvalue weighted by atomic mass is 32.1. The van der Waals surface area contributed by atoms with E-state index in [0.717, 1.165) is 52.8 Å². The van der Waals surface area contributed by atoms with E-state index in [2.05, 4.69) is 20.5 Å². The van der Waals surface area contributed by atoms with Gasteiger partial charge in [-0.15, -0.1) is 10.2 Å². The average Bonchev–Trinajstić information content (AvgIpc) is 3.15. The first kappa shape index (κ1) is 17.6. The molecule has 3 heterocycles. The van der Waals surface area contributed by atoms with Crippen LogP contribution < -0.4 is 5.32 Å². The molecule has 2 aromatic heterocycles. The van der Waals surface area contributed by atoms with Gasteiger partial charge >= 0.3 is 6.03 Å². The Morgan fingerprint density at radius 2 is 2.11 bits per heavy atom. The molecule has 6 nitrogen and oxygen atoms in total. The molecule has 0 spiro atoms. The summed E-state index contributed by atoms with van der Waals surface area (Å²) in [7, 11) is 0. The number of rotatable bonds is 3. The van der Waals surface area contributed by atoms with Crippen LogP contribution in [0.1, 0.15) is 36.0 Å². The van der Waals surface area contributed by atoms with E-state index in [1.807, 2.05) is 54.3 Å². The molecule has 1 aromatic carbocycles. The van der Waals surface area contributed by atoms with Gasteiger partial charge in [-0.25, -0.2) is 4.79 Å². The third kappa shape index (κ3) is 3.98. The smallest absolute Gasteiger partial charge is 0.316 e. The van der Waals surface area contributed by atoms with Crippen LogP contribution in [-0.4, -0.2) is 32.7 Å². The predicted molar refractivity (Wildman–Crippen MR) is 107 cm³/mol. The maximum absolute atomic E-state index is 13.0. The number of aryl methyl sites for hydroxylation is 1. The SMILES string of the molecule is Cc1nnc(-c2cccc(NC(=O)N3CCCC[C@@H]3c3ccccn3)c2)s1. The fourth-order valence-corrected chi connectivity index (χ4v) is 4.08. The maximum Gasteiger partial charge on any atom is 0.322 e. The largest absolute Gasteiger partial charge is 0.322 e. The lowest BCUT2D eigenvalue weighted by molar-refractivity contribution is 0.161. The summed E-state index contributed by atoms with van der Waals surface area (Å²) in [6.45, 7) is 2.67. The summed E-state index contributed by atoms with van der Waals surface area (Å²) in [4.78, 5) is 19.3. The van der Waals surface area contributed by atoms with Crippen molar-refractivity contribution in [2.75, 3.05) is 11.9 Å². The second-order valence-corrected chi connectivity index (χ2v) is 7.78. The van der Waals surface area contributed by atoms with E-state index in [-0.39, 0.29) is 12.1 Å². The highest BCUT2D eigenvalue weighted by Gasteiger charge is 2.28. The second-order valence-electron chi connectivity index (χ2n) is 6.60. The van der Waals surface area contributed by atoms with E-state index in [1.54, 1.807) is 17.5 Å². The van der Waals surface area contributed by atoms with E-state index in [4.69, 9.17) is 0 Å². The molecule has 0 radical (unpaired) electrons. The number of anilines is 1. The Balaban J connectivity index is 1.52. The third-order valence-corrected chi connectivity index (χ3v) is 5.57. The van der Waals surface area contributed by atoms with E-state index in [9.17, 15) is 4.79 Å². The van der Waals surface area contributed by atoms with E-state index >= 15 is 0 Å². The molecule has 2 amide bonds. The lowest BCUT2D eigenvalue weighted by Gasteiger charge is -2.35. The number of urea groups is 1. The summed E-state index contributed by atoms with van der Waals surface area (Å²) in [5.41, 5.74) is 2.67. The molecule has 1 aliphatic heterocycles. The van der Waals surface area contributed by atoms with Gasteiger partial charge in [0, 0.05) is 24.0 Å². The summed E-state index contributed by atoms with van der Waals surface area (Å²) in [5.74, 6) is 0. The fourth-order valence-electron chi connectivity index (χ4n) is 3.39. The molecule has 0 bridgehead atoms. The molecule has 7 heteroatoms. The Morgan fingerprint density at radius 3 is 2.89 bits per heavy atom. The molecule has 1 atom stereocenters. The van der Waals surface area contributed by atoms with Crippen LogP contribution in [0.2, 0.25) is 0 Å². The predicted octanol–water partition coefficient (Wildman–Crippen LogP) is 4.67. The van der Waals surface area contributed by atoms with Gasteiger partial charge in [0.1, 0.15) is 10.0 Å². The number of benzene rings is 1. The van der Waals surface area contributed by atoms with Crippen LogP contribution in [0.4, 0.5) is 10.5 Å². The normalized spacial score (nSPS) is 16.9. The summed E-state index contributed by atoms with van der Waals surface area (Å²) in [6.07, 6.45) is 4.85. The van der Waals surface area contributed by atoms with Crippen molar-refractivity contribution in [3.05, 3.63) is 59.4 Å². The summed E-state index contributed by atoms with van der Waals surface area (Å²) >= 11 is 1.54. The maximum atomic E-state index is 13.0. The van der Waals surface area contributed by atoms with Crippen LogP contribution in [0.25, 0.3) is 10.6 Å². The fraction of sp³-hybridized carbons (Fsp3) is 0.300. The van der Waals surface area contributed by atoms with Gasteiger partial charge in [-0.05, 0) is 50.5 Å². The number of carbonyl (C=O) groups is 1. The van der Waals surface area contributed by atoms with Gasteiger partial charge in [0.15, 0.2) is 0 Å². The van der Waals surface area contributed by atoms with Crippen LogP contribution in [0.5, 0.6) is 0 Å². The molecule has 0 saturated carbocycles. The molecule has 138 valence electrons. The minimum absolute atomic E-state index is 0.0222. The molecule has 1 N–H and O–H groups in total. The van der Waals surface area contributed by atoms with Crippen LogP contribution >= 0.6 is 11.3 Å². The number of likely N-dealkylation sites (tertiary alicyclic amines) is 1. The topological polar surface area (TPSA) is 71.0 Å². The van der Waals surface area contributed by atoms with E-state index in [0.29, 0.717) is 0 Å². The molecule has 4 rings (SSSR count). The number of amides is 2. The van der Waals surface area contributed by atoms with Crippen molar-refractivity contribution in [3.8, 4) is 10.6 Å². The standard InChI is InChI=1S/C20H21N5OS/c1-14-23-24-19(27-14)15-7-6-8-16(13-15)22-20(26)25-12-5-3-10-18(25)17-9-2-4-11-21-17/h2,4,6-9,11,13,18H,3,5,10,12H2,1H3,(H,22,26)/t18-/m1/s1.